The minimum atomic E-state index is -0.115. The Morgan fingerprint density at radius 2 is 2.29 bits per heavy atom. The van der Waals surface area contributed by atoms with Gasteiger partial charge < -0.3 is 5.11 Å². The van der Waals surface area contributed by atoms with Crippen LogP contribution in [0.2, 0.25) is 0 Å². The van der Waals surface area contributed by atoms with E-state index in [1.54, 1.807) is 27.8 Å². The van der Waals surface area contributed by atoms with Crippen molar-refractivity contribution < 1.29 is 5.11 Å². The Kier molecular flexibility index (Phi) is 3.73. The molecule has 1 aliphatic carbocycles. The first-order chi connectivity index (χ1) is 6.86. The maximum absolute atomic E-state index is 9.61. The molecule has 4 heteroatoms. The van der Waals surface area contributed by atoms with Crippen LogP contribution in [-0.2, 0) is 0 Å². The van der Waals surface area contributed by atoms with Crippen molar-refractivity contribution in [1.82, 2.24) is 4.98 Å². The minimum Gasteiger partial charge on any atom is -0.392 e. The summed E-state index contributed by atoms with van der Waals surface area (Å²) in [4.78, 5) is 4.23. The molecule has 2 unspecified atom stereocenters. The molecule has 0 saturated heterocycles. The third kappa shape index (κ3) is 2.65. The van der Waals surface area contributed by atoms with Gasteiger partial charge in [-0.15, -0.1) is 0 Å². The highest BCUT2D eigenvalue weighted by Crippen LogP contribution is 2.40. The van der Waals surface area contributed by atoms with E-state index >= 15 is 0 Å². The summed E-state index contributed by atoms with van der Waals surface area (Å²) in [7, 11) is 3.42. The fraction of sp³-hybridized carbons (Fsp3) is 0.500. The summed E-state index contributed by atoms with van der Waals surface area (Å²) in [5.74, 6) is 0. The lowest BCUT2D eigenvalue weighted by molar-refractivity contribution is 0.188. The number of nitrogens with zero attached hydrogens (tertiary/aromatic N) is 1. The summed E-state index contributed by atoms with van der Waals surface area (Å²) in [6.07, 6.45) is 4.93. The standard InChI is InChI=1S/C10H13NOS2/c12-8-4-3-5-9(8)13-14-10-6-1-2-7-11-10/h1-2,6-9,12H,3-5H2. The minimum absolute atomic E-state index is 0.115. The molecule has 0 bridgehead atoms. The maximum Gasteiger partial charge on any atom is 0.106 e. The predicted molar refractivity (Wildman–Crippen MR) is 61.3 cm³/mol. The van der Waals surface area contributed by atoms with Crippen molar-refractivity contribution in [2.75, 3.05) is 0 Å². The summed E-state index contributed by atoms with van der Waals surface area (Å²) in [6.45, 7) is 0. The topological polar surface area (TPSA) is 33.1 Å². The lowest BCUT2D eigenvalue weighted by atomic mass is 10.3. The number of hydrogen-bond acceptors (Lipinski definition) is 4. The highest BCUT2D eigenvalue weighted by molar-refractivity contribution is 8.76. The Hall–Kier alpha value is -0.190. The van der Waals surface area contributed by atoms with E-state index in [1.807, 2.05) is 18.2 Å². The first-order valence-electron chi connectivity index (χ1n) is 4.79. The van der Waals surface area contributed by atoms with Crippen molar-refractivity contribution in [3.05, 3.63) is 24.4 Å². The summed E-state index contributed by atoms with van der Waals surface area (Å²) < 4.78 is 0. The maximum atomic E-state index is 9.61. The molecule has 1 aliphatic rings. The quantitative estimate of drug-likeness (QED) is 0.805. The molecule has 0 aliphatic heterocycles. The highest BCUT2D eigenvalue weighted by Gasteiger charge is 2.25. The van der Waals surface area contributed by atoms with E-state index < -0.39 is 0 Å². The van der Waals surface area contributed by atoms with E-state index in [-0.39, 0.29) is 6.10 Å². The first kappa shape index (κ1) is 10.3. The zero-order valence-electron chi connectivity index (χ0n) is 7.80. The second-order valence-electron chi connectivity index (χ2n) is 3.38. The third-order valence-electron chi connectivity index (χ3n) is 2.31. The van der Waals surface area contributed by atoms with Crippen LogP contribution in [0.3, 0.4) is 0 Å². The number of pyridine rings is 1. The molecule has 1 heterocycles. The fourth-order valence-electron chi connectivity index (χ4n) is 1.53. The van der Waals surface area contributed by atoms with Gasteiger partial charge in [0, 0.05) is 11.4 Å². The van der Waals surface area contributed by atoms with Crippen molar-refractivity contribution >= 4 is 21.6 Å². The lowest BCUT2D eigenvalue weighted by Crippen LogP contribution is -2.13. The SMILES string of the molecule is OC1CCCC1SSc1ccccn1. The number of aliphatic hydroxyl groups excluding tert-OH is 1. The second-order valence-corrected chi connectivity index (χ2v) is 5.84. The van der Waals surface area contributed by atoms with Gasteiger partial charge in [-0.2, -0.15) is 0 Å². The van der Waals surface area contributed by atoms with Crippen LogP contribution in [-0.4, -0.2) is 21.4 Å². The van der Waals surface area contributed by atoms with Crippen LogP contribution in [0.1, 0.15) is 19.3 Å². The molecule has 1 saturated carbocycles. The van der Waals surface area contributed by atoms with Crippen LogP contribution in [0, 0.1) is 0 Å². The van der Waals surface area contributed by atoms with Gasteiger partial charge in [0.15, 0.2) is 0 Å². The van der Waals surface area contributed by atoms with Crippen molar-refractivity contribution in [3.8, 4) is 0 Å². The summed E-state index contributed by atoms with van der Waals surface area (Å²) >= 11 is 0. The predicted octanol–water partition coefficient (Wildman–Crippen LogP) is 2.74. The van der Waals surface area contributed by atoms with Crippen LogP contribution >= 0.6 is 21.6 Å². The molecule has 2 rings (SSSR count). The van der Waals surface area contributed by atoms with Crippen molar-refractivity contribution in [2.24, 2.45) is 0 Å². The van der Waals surface area contributed by atoms with Crippen LogP contribution < -0.4 is 0 Å². The van der Waals surface area contributed by atoms with Gasteiger partial charge in [-0.05, 0) is 42.2 Å². The molecule has 1 fully saturated rings. The first-order valence-corrected chi connectivity index (χ1v) is 7.00. The monoisotopic (exact) mass is 227 g/mol. The molecule has 2 atom stereocenters. The van der Waals surface area contributed by atoms with E-state index in [9.17, 15) is 5.11 Å². The molecular formula is C10H13NOS2. The summed E-state index contributed by atoms with van der Waals surface area (Å²) in [5, 5.41) is 11.0. The molecule has 2 nitrogen and oxygen atoms in total. The van der Waals surface area contributed by atoms with Gasteiger partial charge in [0.25, 0.3) is 0 Å². The van der Waals surface area contributed by atoms with Crippen molar-refractivity contribution in [3.63, 3.8) is 0 Å². The average molecular weight is 227 g/mol. The molecule has 1 aromatic heterocycles. The van der Waals surface area contributed by atoms with Crippen LogP contribution in [0.5, 0.6) is 0 Å². The van der Waals surface area contributed by atoms with E-state index in [1.165, 1.54) is 0 Å². The van der Waals surface area contributed by atoms with E-state index in [0.717, 1.165) is 24.3 Å². The van der Waals surface area contributed by atoms with Gasteiger partial charge in [0.05, 0.1) is 6.10 Å². The lowest BCUT2D eigenvalue weighted by Gasteiger charge is -2.11. The Morgan fingerprint density at radius 1 is 1.36 bits per heavy atom. The van der Waals surface area contributed by atoms with Gasteiger partial charge in [0.1, 0.15) is 5.03 Å². The Balaban J connectivity index is 1.82. The smallest absolute Gasteiger partial charge is 0.106 e. The highest BCUT2D eigenvalue weighted by atomic mass is 33.1. The Morgan fingerprint density at radius 3 is 2.93 bits per heavy atom. The average Bonchev–Trinajstić information content (AvgIpc) is 2.63. The molecule has 0 amide bonds. The number of hydrogen-bond donors (Lipinski definition) is 1. The van der Waals surface area contributed by atoms with Crippen LogP contribution in [0.4, 0.5) is 0 Å². The molecular weight excluding hydrogens is 214 g/mol. The van der Waals surface area contributed by atoms with Crippen LogP contribution in [0.25, 0.3) is 0 Å². The molecule has 76 valence electrons. The van der Waals surface area contributed by atoms with E-state index in [0.29, 0.717) is 5.25 Å². The molecule has 1 N–H and O–H groups in total. The normalized spacial score (nSPS) is 26.6. The zero-order chi connectivity index (χ0) is 9.80. The largest absolute Gasteiger partial charge is 0.392 e. The van der Waals surface area contributed by atoms with Crippen molar-refractivity contribution in [1.29, 1.82) is 0 Å². The Bertz CT molecular complexity index is 281. The van der Waals surface area contributed by atoms with Crippen molar-refractivity contribution in [2.45, 2.75) is 35.6 Å². The van der Waals surface area contributed by atoms with Gasteiger partial charge in [-0.1, -0.05) is 16.9 Å². The molecule has 0 radical (unpaired) electrons. The van der Waals surface area contributed by atoms with Gasteiger partial charge in [-0.3, -0.25) is 0 Å². The van der Waals surface area contributed by atoms with Gasteiger partial charge in [0.2, 0.25) is 0 Å². The Labute approximate surface area is 91.9 Å². The molecule has 0 aromatic carbocycles. The summed E-state index contributed by atoms with van der Waals surface area (Å²) in [5.41, 5.74) is 0. The fourth-order valence-corrected chi connectivity index (χ4v) is 4.15. The molecule has 0 spiro atoms. The molecule has 14 heavy (non-hydrogen) atoms. The number of aliphatic hydroxyl groups is 1. The van der Waals surface area contributed by atoms with Gasteiger partial charge in [-0.25, -0.2) is 4.98 Å². The second kappa shape index (κ2) is 5.05. The number of rotatable bonds is 3. The zero-order valence-corrected chi connectivity index (χ0v) is 9.43. The summed E-state index contributed by atoms with van der Waals surface area (Å²) in [6, 6.07) is 5.90. The van der Waals surface area contributed by atoms with Gasteiger partial charge >= 0.3 is 0 Å². The van der Waals surface area contributed by atoms with E-state index in [4.69, 9.17) is 0 Å². The number of aromatic nitrogens is 1. The third-order valence-corrected chi connectivity index (χ3v) is 5.16. The van der Waals surface area contributed by atoms with E-state index in [2.05, 4.69) is 4.98 Å². The van der Waals surface area contributed by atoms with Crippen LogP contribution in [0.15, 0.2) is 29.4 Å². The molecule has 1 aromatic rings.